The van der Waals surface area contributed by atoms with Crippen molar-refractivity contribution in [2.45, 2.75) is 0 Å². The van der Waals surface area contributed by atoms with Gasteiger partial charge >= 0.3 is 0 Å². The molecule has 0 saturated carbocycles. The molecule has 13 rings (SSSR count). The number of allylic oxidation sites excluding steroid dienone is 2. The van der Waals surface area contributed by atoms with Crippen LogP contribution in [0.1, 0.15) is 5.56 Å². The average molecular weight is 799 g/mol. The van der Waals surface area contributed by atoms with Gasteiger partial charge in [0.05, 0.1) is 0 Å². The lowest BCUT2D eigenvalue weighted by Crippen LogP contribution is -1.89. The van der Waals surface area contributed by atoms with Gasteiger partial charge < -0.3 is 4.42 Å². The van der Waals surface area contributed by atoms with Crippen molar-refractivity contribution in [3.63, 3.8) is 0 Å². The van der Waals surface area contributed by atoms with E-state index in [9.17, 15) is 0 Å². The Hall–Kier alpha value is -8.26. The molecule has 0 bridgehead atoms. The van der Waals surface area contributed by atoms with Crippen LogP contribution in [0.25, 0.3) is 137 Å². The number of hydrogen-bond donors (Lipinski definition) is 0. The summed E-state index contributed by atoms with van der Waals surface area (Å²) in [6.07, 6.45) is 6.07. The van der Waals surface area contributed by atoms with Gasteiger partial charge in [0.25, 0.3) is 0 Å². The van der Waals surface area contributed by atoms with E-state index in [-0.39, 0.29) is 0 Å². The second-order valence-corrected chi connectivity index (χ2v) is 16.8. The van der Waals surface area contributed by atoms with E-state index in [4.69, 9.17) is 4.42 Å². The largest absolute Gasteiger partial charge is 0.456 e. The summed E-state index contributed by atoms with van der Waals surface area (Å²) in [4.78, 5) is 0. The lowest BCUT2D eigenvalue weighted by atomic mass is 9.88. The van der Waals surface area contributed by atoms with Crippen molar-refractivity contribution in [3.8, 4) is 33.4 Å². The van der Waals surface area contributed by atoms with Crippen molar-refractivity contribution >= 4 is 103 Å². The monoisotopic (exact) mass is 798 g/mol. The maximum atomic E-state index is 6.71. The highest BCUT2D eigenvalue weighted by Crippen LogP contribution is 2.43. The Morgan fingerprint density at radius 1 is 0.302 bits per heavy atom. The van der Waals surface area contributed by atoms with Crippen LogP contribution in [0.15, 0.2) is 223 Å². The van der Waals surface area contributed by atoms with Crippen LogP contribution >= 0.6 is 0 Å². The topological polar surface area (TPSA) is 13.1 Å². The average Bonchev–Trinajstić information content (AvgIpc) is 3.72. The van der Waals surface area contributed by atoms with Gasteiger partial charge in [-0.25, -0.2) is 0 Å². The van der Waals surface area contributed by atoms with Crippen LogP contribution in [-0.2, 0) is 0 Å². The summed E-state index contributed by atoms with van der Waals surface area (Å²) in [6, 6.07) is 73.6. The second-order valence-electron chi connectivity index (χ2n) is 16.8. The zero-order valence-electron chi connectivity index (χ0n) is 34.4. The number of rotatable bonds is 5. The molecule has 1 heteroatoms. The molecule has 0 radical (unpaired) electrons. The van der Waals surface area contributed by atoms with E-state index in [2.05, 4.69) is 213 Å². The van der Waals surface area contributed by atoms with Crippen LogP contribution in [0.4, 0.5) is 0 Å². The first-order valence-electron chi connectivity index (χ1n) is 21.7. The SMILES string of the molecule is C=C/C=C\c1cc2c3ccccc3c3ccccc3c2cc1-c1ccc2cc(-c3ccc4c(c3)oc3cc(-c5cc6c7ccccc7ccc6c6ccccc56)ccc34)ccc2c1. The highest BCUT2D eigenvalue weighted by molar-refractivity contribution is 6.26. The Balaban J connectivity index is 0.889. The molecule has 63 heavy (non-hydrogen) atoms. The van der Waals surface area contributed by atoms with Crippen LogP contribution in [-0.4, -0.2) is 0 Å². The third-order valence-electron chi connectivity index (χ3n) is 13.4. The molecule has 1 nitrogen and oxygen atoms in total. The summed E-state index contributed by atoms with van der Waals surface area (Å²) in [7, 11) is 0. The Bertz CT molecular complexity index is 4100. The molecule has 13 aromatic rings. The maximum Gasteiger partial charge on any atom is 0.136 e. The quantitative estimate of drug-likeness (QED) is 0.125. The van der Waals surface area contributed by atoms with Gasteiger partial charge in [-0.15, -0.1) is 0 Å². The third-order valence-corrected chi connectivity index (χ3v) is 13.4. The minimum Gasteiger partial charge on any atom is -0.456 e. The molecule has 0 amide bonds. The van der Waals surface area contributed by atoms with E-state index >= 15 is 0 Å². The third kappa shape index (κ3) is 5.57. The van der Waals surface area contributed by atoms with Gasteiger partial charge in [0, 0.05) is 10.8 Å². The van der Waals surface area contributed by atoms with Crippen LogP contribution in [0.3, 0.4) is 0 Å². The predicted octanol–water partition coefficient (Wildman–Crippen LogP) is 17.9. The highest BCUT2D eigenvalue weighted by atomic mass is 16.3. The number of furan rings is 1. The van der Waals surface area contributed by atoms with E-state index in [1.54, 1.807) is 0 Å². The number of fused-ring (bicyclic) bond motifs is 15. The molecular weight excluding hydrogens is 761 g/mol. The van der Waals surface area contributed by atoms with E-state index in [1.165, 1.54) is 97.7 Å². The van der Waals surface area contributed by atoms with Gasteiger partial charge in [0.1, 0.15) is 11.2 Å². The van der Waals surface area contributed by atoms with Crippen LogP contribution in [0, 0.1) is 0 Å². The molecular formula is C62H38O. The van der Waals surface area contributed by atoms with E-state index in [0.717, 1.165) is 38.6 Å². The van der Waals surface area contributed by atoms with E-state index in [1.807, 2.05) is 12.2 Å². The van der Waals surface area contributed by atoms with Crippen molar-refractivity contribution in [2.24, 2.45) is 0 Å². The summed E-state index contributed by atoms with van der Waals surface area (Å²) in [5.41, 5.74) is 9.99. The first-order chi connectivity index (χ1) is 31.2. The van der Waals surface area contributed by atoms with Gasteiger partial charge in [-0.3, -0.25) is 0 Å². The Morgan fingerprint density at radius 3 is 1.43 bits per heavy atom. The van der Waals surface area contributed by atoms with E-state index in [0.29, 0.717) is 0 Å². The molecule has 0 aliphatic heterocycles. The predicted molar refractivity (Wildman–Crippen MR) is 272 cm³/mol. The van der Waals surface area contributed by atoms with Gasteiger partial charge in [-0.1, -0.05) is 170 Å². The first-order valence-corrected chi connectivity index (χ1v) is 21.7. The van der Waals surface area contributed by atoms with Crippen molar-refractivity contribution < 1.29 is 4.42 Å². The highest BCUT2D eigenvalue weighted by Gasteiger charge is 2.16. The molecule has 12 aromatic carbocycles. The molecule has 1 aromatic heterocycles. The van der Waals surface area contributed by atoms with Gasteiger partial charge in [-0.2, -0.15) is 0 Å². The van der Waals surface area contributed by atoms with Crippen molar-refractivity contribution in [1.29, 1.82) is 0 Å². The number of benzene rings is 12. The van der Waals surface area contributed by atoms with Gasteiger partial charge in [0.15, 0.2) is 0 Å². The zero-order valence-corrected chi connectivity index (χ0v) is 34.4. The Kier molecular flexibility index (Phi) is 7.82. The molecule has 0 aliphatic carbocycles. The second kappa shape index (κ2) is 13.9. The Morgan fingerprint density at radius 2 is 0.730 bits per heavy atom. The fraction of sp³-hybridized carbons (Fsp3) is 0. The summed E-state index contributed by atoms with van der Waals surface area (Å²) >= 11 is 0. The Labute approximate surface area is 364 Å². The summed E-state index contributed by atoms with van der Waals surface area (Å²) in [6.45, 7) is 3.98. The zero-order chi connectivity index (χ0) is 41.6. The molecule has 0 unspecified atom stereocenters. The lowest BCUT2D eigenvalue weighted by Gasteiger charge is -2.15. The normalized spacial score (nSPS) is 12.1. The molecule has 0 spiro atoms. The molecule has 1 heterocycles. The molecule has 0 fully saturated rings. The van der Waals surface area contributed by atoms with Gasteiger partial charge in [0.2, 0.25) is 0 Å². The van der Waals surface area contributed by atoms with Gasteiger partial charge in [-0.05, 0) is 169 Å². The fourth-order valence-electron chi connectivity index (χ4n) is 10.3. The standard InChI is InChI=1S/C62H38O/c1-2-3-12-43-33-58-51-19-10-7-15-47(51)48-16-8-11-20-52(48)60(58)36-56(43)44-24-23-39-31-40(21-22-41(39)32-44)42-26-29-54-55-30-27-45(35-62(55)63-61(54)34-42)57-37-59-46-14-5-4-13-38(46)25-28-53(59)49-17-6-9-18-50(49)57/h2-37H,1H2/b12-3-. The maximum absolute atomic E-state index is 6.71. The summed E-state index contributed by atoms with van der Waals surface area (Å²) < 4.78 is 6.71. The summed E-state index contributed by atoms with van der Waals surface area (Å²) in [5, 5.41) is 19.8. The summed E-state index contributed by atoms with van der Waals surface area (Å²) in [5.74, 6) is 0. The number of hydrogen-bond acceptors (Lipinski definition) is 1. The minimum absolute atomic E-state index is 0.890. The van der Waals surface area contributed by atoms with Crippen molar-refractivity contribution in [3.05, 3.63) is 224 Å². The van der Waals surface area contributed by atoms with Crippen LogP contribution in [0.5, 0.6) is 0 Å². The minimum atomic E-state index is 0.890. The molecule has 0 saturated heterocycles. The van der Waals surface area contributed by atoms with Crippen LogP contribution < -0.4 is 0 Å². The molecule has 0 N–H and O–H groups in total. The first kappa shape index (κ1) is 35.5. The molecule has 0 atom stereocenters. The molecule has 0 aliphatic rings. The molecule has 292 valence electrons. The van der Waals surface area contributed by atoms with Crippen LogP contribution in [0.2, 0.25) is 0 Å². The van der Waals surface area contributed by atoms with Crippen molar-refractivity contribution in [2.75, 3.05) is 0 Å². The fourth-order valence-corrected chi connectivity index (χ4v) is 10.3. The van der Waals surface area contributed by atoms with Crippen molar-refractivity contribution in [1.82, 2.24) is 0 Å². The van der Waals surface area contributed by atoms with E-state index < -0.39 is 0 Å². The lowest BCUT2D eigenvalue weighted by molar-refractivity contribution is 0.669. The smallest absolute Gasteiger partial charge is 0.136 e.